The van der Waals surface area contributed by atoms with Crippen LogP contribution in [-0.4, -0.2) is 19.4 Å². The Bertz CT molecular complexity index is 910. The summed E-state index contributed by atoms with van der Waals surface area (Å²) in [6.45, 7) is 0.0490. The first kappa shape index (κ1) is 20.6. The van der Waals surface area contributed by atoms with Gasteiger partial charge < -0.3 is 9.47 Å². The van der Waals surface area contributed by atoms with Crippen LogP contribution >= 0.6 is 0 Å². The largest absolute Gasteiger partial charge is 0.497 e. The van der Waals surface area contributed by atoms with Gasteiger partial charge in [0.15, 0.2) is 0 Å². The van der Waals surface area contributed by atoms with Gasteiger partial charge >= 0.3 is 6.18 Å². The summed E-state index contributed by atoms with van der Waals surface area (Å²) in [4.78, 5) is 0. The zero-order valence-corrected chi connectivity index (χ0v) is 14.7. The normalized spacial score (nSPS) is 10.4. The SMILES string of the molecule is COc1ccc(CCOc2ccc(NN=C(C#N)C#N)cc2C(F)(F)F)cc1. The molecule has 0 spiro atoms. The van der Waals surface area contributed by atoms with E-state index in [0.717, 1.165) is 17.7 Å². The number of nitrogens with one attached hydrogen (secondary N) is 1. The third-order valence-corrected chi connectivity index (χ3v) is 3.60. The van der Waals surface area contributed by atoms with E-state index in [-0.39, 0.29) is 18.0 Å². The molecule has 0 bridgehead atoms. The summed E-state index contributed by atoms with van der Waals surface area (Å²) in [5.74, 6) is 0.363. The van der Waals surface area contributed by atoms with Crippen LogP contribution < -0.4 is 14.9 Å². The minimum absolute atomic E-state index is 0.0298. The van der Waals surface area contributed by atoms with Crippen molar-refractivity contribution in [2.24, 2.45) is 5.10 Å². The minimum Gasteiger partial charge on any atom is -0.497 e. The Hall–Kier alpha value is -3.72. The average molecular weight is 388 g/mol. The molecule has 0 saturated heterocycles. The fourth-order valence-electron chi connectivity index (χ4n) is 2.21. The zero-order valence-electron chi connectivity index (χ0n) is 14.7. The van der Waals surface area contributed by atoms with Gasteiger partial charge in [-0.05, 0) is 35.9 Å². The maximum atomic E-state index is 13.3. The monoisotopic (exact) mass is 388 g/mol. The highest BCUT2D eigenvalue weighted by Crippen LogP contribution is 2.38. The number of ether oxygens (including phenoxy) is 2. The zero-order chi connectivity index (χ0) is 20.6. The molecule has 0 atom stereocenters. The van der Waals surface area contributed by atoms with Crippen molar-refractivity contribution in [3.05, 3.63) is 53.6 Å². The third kappa shape index (κ3) is 5.64. The molecule has 0 aliphatic rings. The number of nitrogens with zero attached hydrogens (tertiary/aromatic N) is 3. The topological polar surface area (TPSA) is 90.4 Å². The molecular formula is C19H15F3N4O2. The predicted octanol–water partition coefficient (Wildman–Crippen LogP) is 4.15. The predicted molar refractivity (Wildman–Crippen MR) is 95.9 cm³/mol. The Morgan fingerprint density at radius 2 is 1.79 bits per heavy atom. The molecule has 28 heavy (non-hydrogen) atoms. The van der Waals surface area contributed by atoms with E-state index in [1.54, 1.807) is 31.4 Å². The van der Waals surface area contributed by atoms with Gasteiger partial charge in [0.1, 0.15) is 23.6 Å². The van der Waals surface area contributed by atoms with E-state index in [0.29, 0.717) is 12.2 Å². The molecule has 0 aliphatic carbocycles. The van der Waals surface area contributed by atoms with Gasteiger partial charge in [0, 0.05) is 6.42 Å². The molecule has 9 heteroatoms. The number of hydrogen-bond donors (Lipinski definition) is 1. The van der Waals surface area contributed by atoms with Gasteiger partial charge in [-0.15, -0.1) is 0 Å². The molecule has 0 radical (unpaired) electrons. The molecule has 0 saturated carbocycles. The summed E-state index contributed by atoms with van der Waals surface area (Å²) in [6.07, 6.45) is -4.23. The molecule has 0 unspecified atom stereocenters. The third-order valence-electron chi connectivity index (χ3n) is 3.60. The summed E-state index contributed by atoms with van der Waals surface area (Å²) >= 11 is 0. The van der Waals surface area contributed by atoms with Crippen LogP contribution in [0, 0.1) is 22.7 Å². The van der Waals surface area contributed by atoms with Crippen LogP contribution in [0.15, 0.2) is 47.6 Å². The number of nitriles is 2. The van der Waals surface area contributed by atoms with Crippen molar-refractivity contribution in [2.45, 2.75) is 12.6 Å². The molecular weight excluding hydrogens is 373 g/mol. The summed E-state index contributed by atoms with van der Waals surface area (Å²) in [5.41, 5.74) is 1.62. The molecule has 2 aromatic rings. The van der Waals surface area contributed by atoms with E-state index in [1.165, 1.54) is 18.2 Å². The van der Waals surface area contributed by atoms with E-state index < -0.39 is 17.5 Å². The standard InChI is InChI=1S/C19H15F3N4O2/c1-27-16-5-2-13(3-6-16)8-9-28-18-7-4-14(10-17(18)19(20,21)22)25-26-15(11-23)12-24/h2-7,10,25H,8-9H2,1H3. The second kappa shape index (κ2) is 9.28. The molecule has 2 rings (SSSR count). The van der Waals surface area contributed by atoms with Gasteiger partial charge in [0.2, 0.25) is 5.71 Å². The molecule has 0 aliphatic heterocycles. The smallest absolute Gasteiger partial charge is 0.420 e. The fraction of sp³-hybridized carbons (Fsp3) is 0.211. The maximum absolute atomic E-state index is 13.3. The van der Waals surface area contributed by atoms with Gasteiger partial charge in [-0.1, -0.05) is 12.1 Å². The van der Waals surface area contributed by atoms with Gasteiger partial charge in [0.05, 0.1) is 25.0 Å². The Kier molecular flexibility index (Phi) is 6.83. The van der Waals surface area contributed by atoms with Crippen LogP contribution in [0.5, 0.6) is 11.5 Å². The Balaban J connectivity index is 2.11. The van der Waals surface area contributed by atoms with Crippen LogP contribution in [0.25, 0.3) is 0 Å². The highest BCUT2D eigenvalue weighted by atomic mass is 19.4. The van der Waals surface area contributed by atoms with E-state index >= 15 is 0 Å². The lowest BCUT2D eigenvalue weighted by Crippen LogP contribution is -2.11. The molecule has 0 amide bonds. The maximum Gasteiger partial charge on any atom is 0.420 e. The Labute approximate surface area is 159 Å². The number of halogens is 3. The van der Waals surface area contributed by atoms with Crippen molar-refractivity contribution >= 4 is 11.4 Å². The van der Waals surface area contributed by atoms with E-state index in [1.807, 2.05) is 0 Å². The second-order valence-corrected chi connectivity index (χ2v) is 5.45. The molecule has 144 valence electrons. The molecule has 0 aromatic heterocycles. The number of methoxy groups -OCH3 is 1. The Morgan fingerprint density at radius 3 is 2.36 bits per heavy atom. The van der Waals surface area contributed by atoms with Crippen molar-refractivity contribution < 1.29 is 22.6 Å². The van der Waals surface area contributed by atoms with E-state index in [2.05, 4.69) is 10.5 Å². The summed E-state index contributed by atoms with van der Waals surface area (Å²) < 4.78 is 50.4. The van der Waals surface area contributed by atoms with Crippen LogP contribution in [0.1, 0.15) is 11.1 Å². The molecule has 1 N–H and O–H groups in total. The van der Waals surface area contributed by atoms with Crippen molar-refractivity contribution in [3.63, 3.8) is 0 Å². The van der Waals surface area contributed by atoms with Gasteiger partial charge in [-0.3, -0.25) is 5.43 Å². The van der Waals surface area contributed by atoms with E-state index in [9.17, 15) is 13.2 Å². The van der Waals surface area contributed by atoms with Crippen LogP contribution in [0.2, 0.25) is 0 Å². The Morgan fingerprint density at radius 1 is 1.11 bits per heavy atom. The first-order valence-corrected chi connectivity index (χ1v) is 7.98. The van der Waals surface area contributed by atoms with Crippen molar-refractivity contribution in [1.29, 1.82) is 10.5 Å². The van der Waals surface area contributed by atoms with Crippen molar-refractivity contribution in [3.8, 4) is 23.6 Å². The lowest BCUT2D eigenvalue weighted by atomic mass is 10.1. The van der Waals surface area contributed by atoms with Crippen LogP contribution in [0.3, 0.4) is 0 Å². The molecule has 2 aromatic carbocycles. The first-order chi connectivity index (χ1) is 13.4. The summed E-state index contributed by atoms with van der Waals surface area (Å²) in [7, 11) is 1.54. The van der Waals surface area contributed by atoms with Crippen molar-refractivity contribution in [1.82, 2.24) is 0 Å². The number of hydrazone groups is 1. The summed E-state index contributed by atoms with van der Waals surface area (Å²) in [5, 5.41) is 20.6. The van der Waals surface area contributed by atoms with Gasteiger partial charge in [0.25, 0.3) is 0 Å². The van der Waals surface area contributed by atoms with Crippen LogP contribution in [-0.2, 0) is 12.6 Å². The van der Waals surface area contributed by atoms with Gasteiger partial charge in [-0.25, -0.2) is 0 Å². The number of rotatable bonds is 7. The molecule has 6 nitrogen and oxygen atoms in total. The lowest BCUT2D eigenvalue weighted by molar-refractivity contribution is -0.138. The number of benzene rings is 2. The highest BCUT2D eigenvalue weighted by Gasteiger charge is 2.34. The molecule has 0 fully saturated rings. The van der Waals surface area contributed by atoms with Gasteiger partial charge in [-0.2, -0.15) is 28.8 Å². The number of anilines is 1. The summed E-state index contributed by atoms with van der Waals surface area (Å²) in [6, 6.07) is 13.4. The van der Waals surface area contributed by atoms with Crippen molar-refractivity contribution in [2.75, 3.05) is 19.1 Å². The van der Waals surface area contributed by atoms with E-state index in [4.69, 9.17) is 20.0 Å². The molecule has 0 heterocycles. The second-order valence-electron chi connectivity index (χ2n) is 5.45. The quantitative estimate of drug-likeness (QED) is 0.568. The fourth-order valence-corrected chi connectivity index (χ4v) is 2.21. The minimum atomic E-state index is -4.65. The average Bonchev–Trinajstić information content (AvgIpc) is 2.69. The highest BCUT2D eigenvalue weighted by molar-refractivity contribution is 6.10. The number of alkyl halides is 3. The lowest BCUT2D eigenvalue weighted by Gasteiger charge is -2.15. The first-order valence-electron chi connectivity index (χ1n) is 7.98. The number of hydrogen-bond acceptors (Lipinski definition) is 6. The van der Waals surface area contributed by atoms with Crippen LogP contribution in [0.4, 0.5) is 18.9 Å².